The molecule has 0 heterocycles. The number of rotatable bonds is 0. The smallest absolute Gasteiger partial charge is 0.327 e. The fourth-order valence-corrected chi connectivity index (χ4v) is 1.21. The van der Waals surface area contributed by atoms with E-state index in [1.54, 1.807) is 12.2 Å². The number of hydrogen-bond donors (Lipinski definition) is 1. The van der Waals surface area contributed by atoms with Crippen LogP contribution in [0.3, 0.4) is 0 Å². The van der Waals surface area contributed by atoms with Gasteiger partial charge in [-0.1, -0.05) is 12.2 Å². The van der Waals surface area contributed by atoms with Gasteiger partial charge in [0, 0.05) is 6.04 Å². The highest BCUT2D eigenvalue weighted by Gasteiger charge is 2.42. The molecule has 4 heteroatoms. The van der Waals surface area contributed by atoms with Crippen LogP contribution < -0.4 is 5.73 Å². The van der Waals surface area contributed by atoms with Gasteiger partial charge in [-0.2, -0.15) is 13.2 Å². The van der Waals surface area contributed by atoms with Crippen molar-refractivity contribution in [3.8, 4) is 0 Å². The number of alkyl halides is 3. The van der Waals surface area contributed by atoms with Gasteiger partial charge in [-0.3, -0.25) is 0 Å². The molecule has 64 valence electrons. The first kappa shape index (κ1) is 8.59. The van der Waals surface area contributed by atoms with Crippen LogP contribution in [-0.4, -0.2) is 12.2 Å². The van der Waals surface area contributed by atoms with Crippen LogP contribution in [0.4, 0.5) is 13.2 Å². The minimum atomic E-state index is -4.13. The SMILES string of the molecule is N[C@@H]1CC=CC[C@H]1C(F)(F)F. The van der Waals surface area contributed by atoms with E-state index in [0.29, 0.717) is 6.42 Å². The predicted molar refractivity (Wildman–Crippen MR) is 35.9 cm³/mol. The highest BCUT2D eigenvalue weighted by atomic mass is 19.4. The van der Waals surface area contributed by atoms with Gasteiger partial charge in [0.15, 0.2) is 0 Å². The molecule has 11 heavy (non-hydrogen) atoms. The number of allylic oxidation sites excluding steroid dienone is 1. The van der Waals surface area contributed by atoms with Gasteiger partial charge in [0.1, 0.15) is 0 Å². The second-order valence-electron chi connectivity index (χ2n) is 2.75. The van der Waals surface area contributed by atoms with Gasteiger partial charge in [-0.05, 0) is 12.8 Å². The third-order valence-corrected chi connectivity index (χ3v) is 1.90. The molecule has 0 saturated heterocycles. The Kier molecular flexibility index (Phi) is 2.23. The van der Waals surface area contributed by atoms with E-state index in [-0.39, 0.29) is 6.42 Å². The standard InChI is InChI=1S/C7H10F3N/c8-7(9,10)5-3-1-2-4-6(5)11/h1-2,5-6H,3-4,11H2/t5-,6-/m1/s1. The Bertz CT molecular complexity index is 162. The predicted octanol–water partition coefficient (Wildman–Crippen LogP) is 1.84. The summed E-state index contributed by atoms with van der Waals surface area (Å²) in [6.07, 6.45) is -0.520. The molecule has 1 nitrogen and oxygen atoms in total. The van der Waals surface area contributed by atoms with Crippen molar-refractivity contribution in [1.82, 2.24) is 0 Å². The maximum absolute atomic E-state index is 12.1. The van der Waals surface area contributed by atoms with E-state index in [4.69, 9.17) is 5.73 Å². The van der Waals surface area contributed by atoms with E-state index in [9.17, 15) is 13.2 Å². The van der Waals surface area contributed by atoms with Crippen molar-refractivity contribution in [2.45, 2.75) is 25.1 Å². The summed E-state index contributed by atoms with van der Waals surface area (Å²) >= 11 is 0. The Balaban J connectivity index is 2.64. The molecule has 0 aromatic rings. The van der Waals surface area contributed by atoms with Gasteiger partial charge in [0.2, 0.25) is 0 Å². The van der Waals surface area contributed by atoms with Crippen LogP contribution in [-0.2, 0) is 0 Å². The summed E-state index contributed by atoms with van der Waals surface area (Å²) in [5, 5.41) is 0. The molecular formula is C7H10F3N. The van der Waals surface area contributed by atoms with Gasteiger partial charge < -0.3 is 5.73 Å². The Hall–Kier alpha value is -0.510. The zero-order valence-corrected chi connectivity index (χ0v) is 5.93. The van der Waals surface area contributed by atoms with Crippen molar-refractivity contribution >= 4 is 0 Å². The maximum atomic E-state index is 12.1. The third kappa shape index (κ3) is 1.96. The molecule has 0 bridgehead atoms. The van der Waals surface area contributed by atoms with Gasteiger partial charge in [0.05, 0.1) is 5.92 Å². The van der Waals surface area contributed by atoms with E-state index < -0.39 is 18.1 Å². The molecule has 0 radical (unpaired) electrons. The lowest BCUT2D eigenvalue weighted by atomic mass is 9.89. The molecule has 0 saturated carbocycles. The van der Waals surface area contributed by atoms with Gasteiger partial charge in [-0.15, -0.1) is 0 Å². The van der Waals surface area contributed by atoms with E-state index in [1.807, 2.05) is 0 Å². The molecule has 1 aliphatic carbocycles. The zero-order chi connectivity index (χ0) is 8.48. The lowest BCUT2D eigenvalue weighted by molar-refractivity contribution is -0.179. The Morgan fingerprint density at radius 2 is 1.73 bits per heavy atom. The number of hydrogen-bond acceptors (Lipinski definition) is 1. The Morgan fingerprint density at radius 1 is 1.18 bits per heavy atom. The average Bonchev–Trinajstić information content (AvgIpc) is 1.86. The van der Waals surface area contributed by atoms with Gasteiger partial charge in [-0.25, -0.2) is 0 Å². The summed E-state index contributed by atoms with van der Waals surface area (Å²) < 4.78 is 36.2. The molecule has 0 aromatic heterocycles. The van der Waals surface area contributed by atoms with Crippen LogP contribution in [0.5, 0.6) is 0 Å². The van der Waals surface area contributed by atoms with E-state index >= 15 is 0 Å². The second-order valence-corrected chi connectivity index (χ2v) is 2.75. The van der Waals surface area contributed by atoms with Crippen molar-refractivity contribution in [2.24, 2.45) is 11.7 Å². The third-order valence-electron chi connectivity index (χ3n) is 1.90. The first-order valence-corrected chi connectivity index (χ1v) is 3.49. The molecule has 0 aromatic carbocycles. The van der Waals surface area contributed by atoms with E-state index in [2.05, 4.69) is 0 Å². The van der Waals surface area contributed by atoms with Crippen molar-refractivity contribution in [2.75, 3.05) is 0 Å². The molecule has 1 aliphatic rings. The molecular weight excluding hydrogens is 155 g/mol. The Morgan fingerprint density at radius 3 is 2.09 bits per heavy atom. The summed E-state index contributed by atoms with van der Waals surface area (Å²) in [5.41, 5.74) is 5.29. The van der Waals surface area contributed by atoms with E-state index in [0.717, 1.165) is 0 Å². The fourth-order valence-electron chi connectivity index (χ4n) is 1.21. The van der Waals surface area contributed by atoms with Crippen LogP contribution in [0, 0.1) is 5.92 Å². The molecule has 1 rings (SSSR count). The lowest BCUT2D eigenvalue weighted by Gasteiger charge is -2.26. The molecule has 0 amide bonds. The van der Waals surface area contributed by atoms with Gasteiger partial charge in [0.25, 0.3) is 0 Å². The minimum absolute atomic E-state index is 0.0324. The van der Waals surface area contributed by atoms with Crippen molar-refractivity contribution < 1.29 is 13.2 Å². The normalized spacial score (nSPS) is 32.4. The number of halogens is 3. The molecule has 2 N–H and O–H groups in total. The second kappa shape index (κ2) is 2.85. The quantitative estimate of drug-likeness (QED) is 0.544. The Labute approximate surface area is 63.1 Å². The molecule has 0 aliphatic heterocycles. The van der Waals surface area contributed by atoms with E-state index in [1.165, 1.54) is 0 Å². The summed E-state index contributed by atoms with van der Waals surface area (Å²) in [5.74, 6) is -1.34. The zero-order valence-electron chi connectivity index (χ0n) is 5.93. The van der Waals surface area contributed by atoms with Crippen molar-refractivity contribution in [1.29, 1.82) is 0 Å². The van der Waals surface area contributed by atoms with Crippen LogP contribution in [0.25, 0.3) is 0 Å². The fraction of sp³-hybridized carbons (Fsp3) is 0.714. The molecule has 0 unspecified atom stereocenters. The highest BCUT2D eigenvalue weighted by molar-refractivity contribution is 4.98. The summed E-state index contributed by atoms with van der Waals surface area (Å²) in [4.78, 5) is 0. The summed E-state index contributed by atoms with van der Waals surface area (Å²) in [6, 6.07) is -0.750. The van der Waals surface area contributed by atoms with Crippen LogP contribution >= 0.6 is 0 Å². The molecule has 2 atom stereocenters. The first-order chi connectivity index (χ1) is 5.02. The molecule has 0 spiro atoms. The van der Waals surface area contributed by atoms with Crippen LogP contribution in [0.1, 0.15) is 12.8 Å². The van der Waals surface area contributed by atoms with Crippen LogP contribution in [0.15, 0.2) is 12.2 Å². The number of nitrogens with two attached hydrogens (primary N) is 1. The van der Waals surface area contributed by atoms with Gasteiger partial charge >= 0.3 is 6.18 Å². The average molecular weight is 165 g/mol. The highest BCUT2D eigenvalue weighted by Crippen LogP contribution is 2.34. The van der Waals surface area contributed by atoms with Crippen molar-refractivity contribution in [3.05, 3.63) is 12.2 Å². The monoisotopic (exact) mass is 165 g/mol. The molecule has 0 fully saturated rings. The van der Waals surface area contributed by atoms with Crippen molar-refractivity contribution in [3.63, 3.8) is 0 Å². The summed E-state index contributed by atoms with van der Waals surface area (Å²) in [7, 11) is 0. The maximum Gasteiger partial charge on any atom is 0.393 e. The van der Waals surface area contributed by atoms with Crippen LogP contribution in [0.2, 0.25) is 0 Å². The lowest BCUT2D eigenvalue weighted by Crippen LogP contribution is -2.40. The first-order valence-electron chi connectivity index (χ1n) is 3.49. The largest absolute Gasteiger partial charge is 0.393 e. The minimum Gasteiger partial charge on any atom is -0.327 e. The summed E-state index contributed by atoms with van der Waals surface area (Å²) in [6.45, 7) is 0. The topological polar surface area (TPSA) is 26.0 Å².